The van der Waals surface area contributed by atoms with Crippen LogP contribution < -0.4 is 0 Å². The summed E-state index contributed by atoms with van der Waals surface area (Å²) in [6, 6.07) is 2.11. The van der Waals surface area contributed by atoms with Crippen molar-refractivity contribution in [2.75, 3.05) is 6.54 Å². The molecule has 1 aromatic rings. The van der Waals surface area contributed by atoms with Crippen molar-refractivity contribution in [3.63, 3.8) is 0 Å². The van der Waals surface area contributed by atoms with Gasteiger partial charge in [0.2, 0.25) is 0 Å². The number of likely N-dealkylation sites (tertiary alicyclic amines) is 1. The molecule has 1 amide bonds. The first-order valence-corrected chi connectivity index (χ1v) is 7.03. The zero-order chi connectivity index (χ0) is 14.0. The standard InChI is InChI=1S/C14H23N3O2/c1-10(2)17-13(6-7-15-17)14(19)16-8-4-5-12(16)9-11(3)18/h6-7,10-12,18H,4-5,8-9H2,1-3H3. The van der Waals surface area contributed by atoms with Gasteiger partial charge in [-0.3, -0.25) is 9.48 Å². The van der Waals surface area contributed by atoms with Crippen LogP contribution in [0.1, 0.15) is 56.6 Å². The quantitative estimate of drug-likeness (QED) is 0.903. The Balaban J connectivity index is 2.16. The largest absolute Gasteiger partial charge is 0.393 e. The third-order valence-electron chi connectivity index (χ3n) is 3.63. The molecule has 2 atom stereocenters. The van der Waals surface area contributed by atoms with Crippen LogP contribution in [0.5, 0.6) is 0 Å². The Bertz CT molecular complexity index is 440. The van der Waals surface area contributed by atoms with Gasteiger partial charge in [-0.05, 0) is 46.1 Å². The maximum absolute atomic E-state index is 12.6. The van der Waals surface area contributed by atoms with Crippen LogP contribution in [0.25, 0.3) is 0 Å². The normalized spacial score (nSPS) is 21.1. The van der Waals surface area contributed by atoms with E-state index in [-0.39, 0.29) is 24.1 Å². The molecule has 1 saturated heterocycles. The number of hydrogen-bond acceptors (Lipinski definition) is 3. The highest BCUT2D eigenvalue weighted by molar-refractivity contribution is 5.93. The van der Waals surface area contributed by atoms with Crippen LogP contribution in [0.15, 0.2) is 12.3 Å². The molecule has 1 N–H and O–H groups in total. The second-order valence-corrected chi connectivity index (χ2v) is 5.63. The maximum Gasteiger partial charge on any atom is 0.272 e. The molecule has 1 aliphatic heterocycles. The zero-order valence-corrected chi connectivity index (χ0v) is 11.9. The lowest BCUT2D eigenvalue weighted by atomic mass is 10.1. The molecule has 0 aliphatic carbocycles. The third-order valence-corrected chi connectivity index (χ3v) is 3.63. The van der Waals surface area contributed by atoms with Gasteiger partial charge in [-0.1, -0.05) is 0 Å². The van der Waals surface area contributed by atoms with E-state index in [1.165, 1.54) is 0 Å². The summed E-state index contributed by atoms with van der Waals surface area (Å²) in [6.07, 6.45) is 3.95. The topological polar surface area (TPSA) is 58.4 Å². The van der Waals surface area contributed by atoms with Crippen LogP contribution in [-0.2, 0) is 0 Å². The van der Waals surface area contributed by atoms with Crippen LogP contribution in [0, 0.1) is 0 Å². The highest BCUT2D eigenvalue weighted by atomic mass is 16.3. The molecule has 0 saturated carbocycles. The van der Waals surface area contributed by atoms with E-state index in [0.29, 0.717) is 12.1 Å². The molecule has 5 nitrogen and oxygen atoms in total. The van der Waals surface area contributed by atoms with E-state index in [0.717, 1.165) is 19.4 Å². The first kappa shape index (κ1) is 14.1. The smallest absolute Gasteiger partial charge is 0.272 e. The summed E-state index contributed by atoms with van der Waals surface area (Å²) >= 11 is 0. The summed E-state index contributed by atoms with van der Waals surface area (Å²) in [7, 11) is 0. The van der Waals surface area contributed by atoms with Crippen molar-refractivity contribution in [3.05, 3.63) is 18.0 Å². The van der Waals surface area contributed by atoms with Gasteiger partial charge in [0.05, 0.1) is 6.10 Å². The van der Waals surface area contributed by atoms with E-state index in [1.807, 2.05) is 18.7 Å². The van der Waals surface area contributed by atoms with Crippen LogP contribution in [-0.4, -0.2) is 44.4 Å². The average Bonchev–Trinajstić information content (AvgIpc) is 2.94. The Hall–Kier alpha value is -1.36. The van der Waals surface area contributed by atoms with Gasteiger partial charge in [0.15, 0.2) is 0 Å². The predicted octanol–water partition coefficient (Wildman–Crippen LogP) is 1.84. The molecule has 2 unspecified atom stereocenters. The Labute approximate surface area is 114 Å². The SMILES string of the molecule is CC(O)CC1CCCN1C(=O)c1ccnn1C(C)C. The summed E-state index contributed by atoms with van der Waals surface area (Å²) in [5.74, 6) is 0.0364. The summed E-state index contributed by atoms with van der Waals surface area (Å²) in [5.41, 5.74) is 0.646. The highest BCUT2D eigenvalue weighted by Crippen LogP contribution is 2.24. The van der Waals surface area contributed by atoms with Crippen molar-refractivity contribution in [1.82, 2.24) is 14.7 Å². The first-order chi connectivity index (χ1) is 9.00. The molecule has 1 aromatic heterocycles. The van der Waals surface area contributed by atoms with Gasteiger partial charge in [0.1, 0.15) is 5.69 Å². The van der Waals surface area contributed by atoms with Crippen LogP contribution in [0.2, 0.25) is 0 Å². The molecule has 2 heterocycles. The highest BCUT2D eigenvalue weighted by Gasteiger charge is 2.31. The fraction of sp³-hybridized carbons (Fsp3) is 0.714. The van der Waals surface area contributed by atoms with Crippen LogP contribution in [0.3, 0.4) is 0 Å². The number of aliphatic hydroxyl groups excluding tert-OH is 1. The fourth-order valence-electron chi connectivity index (χ4n) is 2.78. The fourth-order valence-corrected chi connectivity index (χ4v) is 2.78. The van der Waals surface area contributed by atoms with Gasteiger partial charge >= 0.3 is 0 Å². The summed E-state index contributed by atoms with van der Waals surface area (Å²) in [5, 5.41) is 13.7. The number of rotatable bonds is 4. The predicted molar refractivity (Wildman–Crippen MR) is 73.0 cm³/mol. The molecular weight excluding hydrogens is 242 g/mol. The van der Waals surface area contributed by atoms with Gasteiger partial charge in [0, 0.05) is 24.8 Å². The van der Waals surface area contributed by atoms with Gasteiger partial charge in [-0.2, -0.15) is 5.10 Å². The van der Waals surface area contributed by atoms with E-state index < -0.39 is 0 Å². The lowest BCUT2D eigenvalue weighted by molar-refractivity contribution is 0.0668. The number of amides is 1. The number of hydrogen-bond donors (Lipinski definition) is 1. The number of nitrogens with zero attached hydrogens (tertiary/aromatic N) is 3. The Kier molecular flexibility index (Phi) is 4.24. The minimum atomic E-state index is -0.367. The molecule has 1 fully saturated rings. The minimum Gasteiger partial charge on any atom is -0.393 e. The van der Waals surface area contributed by atoms with Crippen molar-refractivity contribution < 1.29 is 9.90 Å². The van der Waals surface area contributed by atoms with Crippen molar-refractivity contribution in [1.29, 1.82) is 0 Å². The number of aliphatic hydroxyl groups is 1. The number of aromatic nitrogens is 2. The third kappa shape index (κ3) is 2.97. The first-order valence-electron chi connectivity index (χ1n) is 7.03. The van der Waals surface area contributed by atoms with E-state index in [2.05, 4.69) is 5.10 Å². The molecule has 0 radical (unpaired) electrons. The molecular formula is C14H23N3O2. The lowest BCUT2D eigenvalue weighted by Gasteiger charge is -2.26. The lowest BCUT2D eigenvalue weighted by Crippen LogP contribution is -2.38. The minimum absolute atomic E-state index is 0.0364. The molecule has 1 aliphatic rings. The molecule has 106 valence electrons. The van der Waals surface area contributed by atoms with Crippen molar-refractivity contribution >= 4 is 5.91 Å². The van der Waals surface area contributed by atoms with Crippen molar-refractivity contribution in [3.8, 4) is 0 Å². The summed E-state index contributed by atoms with van der Waals surface area (Å²) < 4.78 is 1.76. The maximum atomic E-state index is 12.6. The molecule has 19 heavy (non-hydrogen) atoms. The number of carbonyl (C=O) groups excluding carboxylic acids is 1. The van der Waals surface area contributed by atoms with Gasteiger partial charge in [0.25, 0.3) is 5.91 Å². The van der Waals surface area contributed by atoms with Gasteiger partial charge < -0.3 is 10.0 Å². The van der Waals surface area contributed by atoms with E-state index >= 15 is 0 Å². The zero-order valence-electron chi connectivity index (χ0n) is 11.9. The monoisotopic (exact) mass is 265 g/mol. The Morgan fingerprint density at radius 1 is 1.53 bits per heavy atom. The molecule has 5 heteroatoms. The summed E-state index contributed by atoms with van der Waals surface area (Å²) in [4.78, 5) is 14.5. The Morgan fingerprint density at radius 3 is 2.89 bits per heavy atom. The van der Waals surface area contributed by atoms with Crippen molar-refractivity contribution in [2.24, 2.45) is 0 Å². The average molecular weight is 265 g/mol. The van der Waals surface area contributed by atoms with Gasteiger partial charge in [-0.25, -0.2) is 0 Å². The molecule has 0 bridgehead atoms. The van der Waals surface area contributed by atoms with E-state index in [9.17, 15) is 9.90 Å². The molecule has 0 aromatic carbocycles. The second kappa shape index (κ2) is 5.74. The van der Waals surface area contributed by atoms with E-state index in [4.69, 9.17) is 0 Å². The second-order valence-electron chi connectivity index (χ2n) is 5.63. The van der Waals surface area contributed by atoms with Crippen molar-refractivity contribution in [2.45, 2.75) is 58.2 Å². The molecule has 2 rings (SSSR count). The van der Waals surface area contributed by atoms with Crippen LogP contribution in [0.4, 0.5) is 0 Å². The Morgan fingerprint density at radius 2 is 2.26 bits per heavy atom. The molecule has 0 spiro atoms. The van der Waals surface area contributed by atoms with Gasteiger partial charge in [-0.15, -0.1) is 0 Å². The van der Waals surface area contributed by atoms with E-state index in [1.54, 1.807) is 23.9 Å². The number of carbonyl (C=O) groups is 1. The summed E-state index contributed by atoms with van der Waals surface area (Å²) in [6.45, 7) is 6.58. The van der Waals surface area contributed by atoms with Crippen LogP contribution >= 0.6 is 0 Å².